The molecule has 1 amide bonds. The molecule has 2 aromatic heterocycles. The first-order valence-corrected chi connectivity index (χ1v) is 9.13. The Bertz CT molecular complexity index is 930. The maximum absolute atomic E-state index is 13.5. The van der Waals surface area contributed by atoms with E-state index >= 15 is 0 Å². The second-order valence-electron chi connectivity index (χ2n) is 6.65. The maximum atomic E-state index is 13.5. The van der Waals surface area contributed by atoms with Crippen LogP contribution in [0, 0.1) is 0 Å². The monoisotopic (exact) mass is 359 g/mol. The van der Waals surface area contributed by atoms with E-state index in [0.29, 0.717) is 17.8 Å². The largest absolute Gasteiger partial charge is 0.368 e. The van der Waals surface area contributed by atoms with Crippen LogP contribution in [0.5, 0.6) is 0 Å². The summed E-state index contributed by atoms with van der Waals surface area (Å²) < 4.78 is 0. The van der Waals surface area contributed by atoms with Crippen LogP contribution in [-0.4, -0.2) is 32.3 Å². The number of hydrogen-bond donors (Lipinski definition) is 1. The van der Waals surface area contributed by atoms with Crippen molar-refractivity contribution >= 4 is 11.9 Å². The molecule has 4 rings (SSSR count). The molecule has 1 atom stereocenters. The van der Waals surface area contributed by atoms with Crippen molar-refractivity contribution in [2.75, 3.05) is 12.3 Å². The van der Waals surface area contributed by atoms with Gasteiger partial charge in [0.2, 0.25) is 5.95 Å². The summed E-state index contributed by atoms with van der Waals surface area (Å²) >= 11 is 0. The fraction of sp³-hybridized carbons (Fsp3) is 0.238. The first-order valence-electron chi connectivity index (χ1n) is 9.13. The Kier molecular flexibility index (Phi) is 4.78. The van der Waals surface area contributed by atoms with Gasteiger partial charge in [0.1, 0.15) is 0 Å². The molecule has 3 heterocycles. The second kappa shape index (κ2) is 7.53. The summed E-state index contributed by atoms with van der Waals surface area (Å²) in [6, 6.07) is 13.6. The third-order valence-corrected chi connectivity index (χ3v) is 4.92. The molecule has 6 nitrogen and oxygen atoms in total. The van der Waals surface area contributed by atoms with Crippen LogP contribution in [0.1, 0.15) is 41.2 Å². The molecule has 3 aromatic rings. The van der Waals surface area contributed by atoms with Crippen LogP contribution in [0.2, 0.25) is 0 Å². The van der Waals surface area contributed by atoms with E-state index in [0.717, 1.165) is 30.4 Å². The van der Waals surface area contributed by atoms with Crippen molar-refractivity contribution in [3.05, 3.63) is 72.2 Å². The van der Waals surface area contributed by atoms with Crippen LogP contribution < -0.4 is 5.73 Å². The molecule has 0 aliphatic carbocycles. The van der Waals surface area contributed by atoms with E-state index < -0.39 is 0 Å². The van der Waals surface area contributed by atoms with E-state index in [9.17, 15) is 4.79 Å². The fourth-order valence-electron chi connectivity index (χ4n) is 3.62. The smallest absolute Gasteiger partial charge is 0.258 e. The Morgan fingerprint density at radius 2 is 1.93 bits per heavy atom. The molecule has 2 N–H and O–H groups in total. The summed E-state index contributed by atoms with van der Waals surface area (Å²) in [7, 11) is 0. The molecule has 1 aliphatic heterocycles. The first kappa shape index (κ1) is 17.1. The third kappa shape index (κ3) is 3.51. The Morgan fingerprint density at radius 3 is 2.70 bits per heavy atom. The summed E-state index contributed by atoms with van der Waals surface area (Å²) in [6.45, 7) is 0.705. The minimum absolute atomic E-state index is 0.0149. The van der Waals surface area contributed by atoms with Crippen LogP contribution in [0.25, 0.3) is 11.3 Å². The molecule has 0 radical (unpaired) electrons. The Morgan fingerprint density at radius 1 is 1.07 bits per heavy atom. The summed E-state index contributed by atoms with van der Waals surface area (Å²) in [5.74, 6) is 0.0928. The normalized spacial score (nSPS) is 16.9. The predicted octanol–water partition coefficient (Wildman–Crippen LogP) is 3.49. The number of rotatable bonds is 3. The third-order valence-electron chi connectivity index (χ3n) is 4.92. The van der Waals surface area contributed by atoms with E-state index in [1.54, 1.807) is 12.4 Å². The number of carbonyl (C=O) groups excluding carboxylic acids is 1. The van der Waals surface area contributed by atoms with Gasteiger partial charge in [-0.05, 0) is 30.9 Å². The molecule has 1 fully saturated rings. The van der Waals surface area contributed by atoms with E-state index in [-0.39, 0.29) is 17.9 Å². The number of aromatic nitrogens is 3. The lowest BCUT2D eigenvalue weighted by atomic mass is 9.95. The van der Waals surface area contributed by atoms with Gasteiger partial charge in [-0.3, -0.25) is 9.78 Å². The van der Waals surface area contributed by atoms with Gasteiger partial charge in [0.25, 0.3) is 5.91 Å². The van der Waals surface area contributed by atoms with Crippen molar-refractivity contribution in [3.63, 3.8) is 0 Å². The molecular weight excluding hydrogens is 338 g/mol. The summed E-state index contributed by atoms with van der Waals surface area (Å²) in [5, 5.41) is 0. The van der Waals surface area contributed by atoms with Crippen molar-refractivity contribution in [3.8, 4) is 11.3 Å². The van der Waals surface area contributed by atoms with Crippen LogP contribution in [-0.2, 0) is 0 Å². The van der Waals surface area contributed by atoms with Gasteiger partial charge in [0, 0.05) is 30.7 Å². The van der Waals surface area contributed by atoms with Gasteiger partial charge in [-0.2, -0.15) is 0 Å². The van der Waals surface area contributed by atoms with Gasteiger partial charge < -0.3 is 10.6 Å². The van der Waals surface area contributed by atoms with E-state index in [1.165, 1.54) is 0 Å². The van der Waals surface area contributed by atoms with E-state index in [1.807, 2.05) is 53.6 Å². The number of anilines is 1. The molecule has 0 spiro atoms. The predicted molar refractivity (Wildman–Crippen MR) is 104 cm³/mol. The number of likely N-dealkylation sites (tertiary alicyclic amines) is 1. The average molecular weight is 359 g/mol. The van der Waals surface area contributed by atoms with Crippen molar-refractivity contribution < 1.29 is 4.79 Å². The topological polar surface area (TPSA) is 85.0 Å². The average Bonchev–Trinajstić information content (AvgIpc) is 2.74. The maximum Gasteiger partial charge on any atom is 0.258 e. The minimum Gasteiger partial charge on any atom is -0.368 e. The Labute approximate surface area is 158 Å². The lowest BCUT2D eigenvalue weighted by molar-refractivity contribution is 0.0611. The van der Waals surface area contributed by atoms with Crippen LogP contribution in [0.4, 0.5) is 5.95 Å². The quantitative estimate of drug-likeness (QED) is 0.774. The molecule has 0 bridgehead atoms. The van der Waals surface area contributed by atoms with Gasteiger partial charge in [-0.1, -0.05) is 36.4 Å². The van der Waals surface area contributed by atoms with Crippen molar-refractivity contribution in [2.45, 2.75) is 25.3 Å². The van der Waals surface area contributed by atoms with Crippen molar-refractivity contribution in [1.29, 1.82) is 0 Å². The highest BCUT2D eigenvalue weighted by Crippen LogP contribution is 2.33. The number of hydrogen-bond acceptors (Lipinski definition) is 5. The number of pyridine rings is 1. The van der Waals surface area contributed by atoms with E-state index in [4.69, 9.17) is 5.73 Å². The minimum atomic E-state index is -0.0672. The lowest BCUT2D eigenvalue weighted by Crippen LogP contribution is -2.39. The number of benzene rings is 1. The number of nitrogens with two attached hydrogens (primary N) is 1. The Hall–Kier alpha value is -3.28. The first-order chi connectivity index (χ1) is 13.2. The highest BCUT2D eigenvalue weighted by Gasteiger charge is 2.30. The molecule has 1 aromatic carbocycles. The molecule has 136 valence electrons. The summed E-state index contributed by atoms with van der Waals surface area (Å²) in [5.41, 5.74) is 8.77. The molecule has 1 aliphatic rings. The molecule has 6 heteroatoms. The standard InChI is InChI=1S/C21H21N5O/c22-21-24-14-17(19(25-21)15-7-2-1-3-8-15)20(27)26-12-5-4-10-18(26)16-9-6-11-23-13-16/h1-3,6-9,11,13-14,18H,4-5,10,12H2,(H2,22,24,25). The second-order valence-corrected chi connectivity index (χ2v) is 6.65. The van der Waals surface area contributed by atoms with E-state index in [2.05, 4.69) is 15.0 Å². The SMILES string of the molecule is Nc1ncc(C(=O)N2CCCCC2c2cccnc2)c(-c2ccccc2)n1. The molecule has 0 saturated carbocycles. The number of nitrogen functional groups attached to an aromatic ring is 1. The fourth-order valence-corrected chi connectivity index (χ4v) is 3.62. The highest BCUT2D eigenvalue weighted by atomic mass is 16.2. The number of amides is 1. The molecule has 1 saturated heterocycles. The lowest BCUT2D eigenvalue weighted by Gasteiger charge is -2.36. The zero-order chi connectivity index (χ0) is 18.6. The molecule has 1 unspecified atom stereocenters. The van der Waals surface area contributed by atoms with Crippen molar-refractivity contribution in [1.82, 2.24) is 19.9 Å². The highest BCUT2D eigenvalue weighted by molar-refractivity contribution is 6.00. The molecule has 27 heavy (non-hydrogen) atoms. The van der Waals surface area contributed by atoms with Gasteiger partial charge in [-0.25, -0.2) is 9.97 Å². The van der Waals surface area contributed by atoms with Crippen LogP contribution >= 0.6 is 0 Å². The van der Waals surface area contributed by atoms with Gasteiger partial charge in [-0.15, -0.1) is 0 Å². The zero-order valence-electron chi connectivity index (χ0n) is 15.0. The van der Waals surface area contributed by atoms with Crippen molar-refractivity contribution in [2.24, 2.45) is 0 Å². The Balaban J connectivity index is 1.74. The summed E-state index contributed by atoms with van der Waals surface area (Å²) in [4.78, 5) is 28.1. The molecular formula is C21H21N5O. The van der Waals surface area contributed by atoms with Crippen LogP contribution in [0.15, 0.2) is 61.1 Å². The van der Waals surface area contributed by atoms with Gasteiger partial charge in [0.15, 0.2) is 0 Å². The van der Waals surface area contributed by atoms with Crippen LogP contribution in [0.3, 0.4) is 0 Å². The summed E-state index contributed by atoms with van der Waals surface area (Å²) in [6.07, 6.45) is 8.13. The number of nitrogens with zero attached hydrogens (tertiary/aromatic N) is 4. The van der Waals surface area contributed by atoms with Gasteiger partial charge in [0.05, 0.1) is 17.3 Å². The zero-order valence-corrected chi connectivity index (χ0v) is 15.0. The van der Waals surface area contributed by atoms with Gasteiger partial charge >= 0.3 is 0 Å². The number of carbonyl (C=O) groups is 1. The number of piperidine rings is 1.